The third kappa shape index (κ3) is 15.7. The number of carbonyl (C=O) groups excluding carboxylic acids is 3. The van der Waals surface area contributed by atoms with E-state index in [1.165, 1.54) is 19.1 Å². The number of cyclic esters (lactones) is 1. The van der Waals surface area contributed by atoms with Crippen LogP contribution in [0.15, 0.2) is 96.2 Å². The molecule has 6 rings (SSSR count). The molecular formula is C61H88N2O17. The van der Waals surface area contributed by atoms with Gasteiger partial charge in [-0.05, 0) is 77.5 Å². The quantitative estimate of drug-likeness (QED) is 0.0731. The van der Waals surface area contributed by atoms with E-state index in [1.807, 2.05) is 133 Å². The van der Waals surface area contributed by atoms with Crippen LogP contribution in [0, 0.1) is 23.7 Å². The topological polar surface area (TPSA) is 218 Å². The number of likely N-dealkylation sites (N-methyl/N-ethyl adjacent to an activating group) is 1. The number of amides is 1. The highest BCUT2D eigenvalue weighted by Gasteiger charge is 2.55. The van der Waals surface area contributed by atoms with Crippen molar-refractivity contribution in [1.82, 2.24) is 4.90 Å². The molecule has 3 heterocycles. The molecule has 0 spiro atoms. The maximum Gasteiger partial charge on any atom is 0.509 e. The second-order valence-electron chi connectivity index (χ2n) is 22.5. The number of hydrogen-bond acceptors (Lipinski definition) is 18. The molecule has 3 aromatic rings. The van der Waals surface area contributed by atoms with Crippen LogP contribution in [0.1, 0.15) is 112 Å². The average Bonchev–Trinajstić information content (AvgIpc) is 3.57. The van der Waals surface area contributed by atoms with Gasteiger partial charge in [-0.1, -0.05) is 124 Å². The summed E-state index contributed by atoms with van der Waals surface area (Å²) in [6.45, 7) is 17.9. The van der Waals surface area contributed by atoms with Crippen LogP contribution in [0.4, 0.5) is 9.59 Å². The van der Waals surface area contributed by atoms with Gasteiger partial charge in [-0.3, -0.25) is 4.79 Å². The summed E-state index contributed by atoms with van der Waals surface area (Å²) in [4.78, 5) is 50.7. The second kappa shape index (κ2) is 28.7. The lowest BCUT2D eigenvalue weighted by atomic mass is 9.73. The van der Waals surface area contributed by atoms with Crippen molar-refractivity contribution in [2.24, 2.45) is 28.8 Å². The summed E-state index contributed by atoms with van der Waals surface area (Å²) >= 11 is 0. The number of carbonyl (C=O) groups is 3. The normalized spacial score (nSPS) is 36.0. The van der Waals surface area contributed by atoms with Crippen LogP contribution < -0.4 is 0 Å². The molecular weight excluding hydrogens is 1030 g/mol. The number of methoxy groups -OCH3 is 3. The summed E-state index contributed by atoms with van der Waals surface area (Å²) < 4.78 is 70.4. The SMILES string of the molecule is CC[C@H]1OC(=O)[C@H](C)[C@@H](O[C@H]2C[C@@](C)(OC)[C@@H](O)[C@H](C)O2)[C@H](C)[C@@H](O[C@@H]2O[C@H](C)C[C@H](N(C)C(=O)OCc3ccccc3)[C@H]2OC(=O)OCc2ccccc2)[C@](C)(OC)C[C@@H](C)/C(=N\OCc2ccccc2)[C@H](C)[C@@H](OC)[C@]1(C)O. The Morgan fingerprint density at radius 3 is 1.84 bits per heavy atom. The van der Waals surface area contributed by atoms with Crippen LogP contribution in [0.3, 0.4) is 0 Å². The predicted octanol–water partition coefficient (Wildman–Crippen LogP) is 9.17. The van der Waals surface area contributed by atoms with Crippen LogP contribution in [0.25, 0.3) is 0 Å². The minimum Gasteiger partial charge on any atom is -0.459 e. The lowest BCUT2D eigenvalue weighted by Crippen LogP contribution is -2.62. The molecule has 3 saturated heterocycles. The smallest absolute Gasteiger partial charge is 0.459 e. The van der Waals surface area contributed by atoms with Crippen LogP contribution >= 0.6 is 0 Å². The first-order chi connectivity index (χ1) is 38.0. The van der Waals surface area contributed by atoms with E-state index in [0.29, 0.717) is 11.3 Å². The van der Waals surface area contributed by atoms with Gasteiger partial charge in [0.25, 0.3) is 0 Å². The highest BCUT2D eigenvalue weighted by atomic mass is 16.8. The summed E-state index contributed by atoms with van der Waals surface area (Å²) in [5, 5.41) is 28.7. The van der Waals surface area contributed by atoms with E-state index in [0.717, 1.165) is 11.1 Å². The van der Waals surface area contributed by atoms with Gasteiger partial charge in [0, 0.05) is 52.6 Å². The van der Waals surface area contributed by atoms with E-state index < -0.39 is 126 Å². The highest BCUT2D eigenvalue weighted by molar-refractivity contribution is 5.89. The Morgan fingerprint density at radius 1 is 0.725 bits per heavy atom. The molecule has 3 aromatic carbocycles. The maximum atomic E-state index is 15.0. The minimum atomic E-state index is -1.78. The van der Waals surface area contributed by atoms with Gasteiger partial charge in [-0.25, -0.2) is 9.59 Å². The fourth-order valence-corrected chi connectivity index (χ4v) is 11.8. The van der Waals surface area contributed by atoms with Crippen molar-refractivity contribution >= 4 is 23.9 Å². The number of rotatable bonds is 17. The van der Waals surface area contributed by atoms with Gasteiger partial charge in [0.1, 0.15) is 37.6 Å². The van der Waals surface area contributed by atoms with E-state index in [2.05, 4.69) is 0 Å². The lowest BCUT2D eigenvalue weighted by molar-refractivity contribution is -0.319. The number of hydrogen-bond donors (Lipinski definition) is 2. The van der Waals surface area contributed by atoms with Gasteiger partial charge < -0.3 is 72.1 Å². The zero-order valence-electron chi connectivity index (χ0n) is 49.2. The molecule has 1 amide bonds. The van der Waals surface area contributed by atoms with Crippen molar-refractivity contribution in [3.63, 3.8) is 0 Å². The molecule has 0 aromatic heterocycles. The van der Waals surface area contributed by atoms with Crippen molar-refractivity contribution in [3.05, 3.63) is 108 Å². The molecule has 444 valence electrons. The summed E-state index contributed by atoms with van der Waals surface area (Å²) in [5.41, 5.74) is -1.41. The van der Waals surface area contributed by atoms with Crippen molar-refractivity contribution in [2.45, 2.75) is 199 Å². The number of aliphatic hydroxyl groups excluding tert-OH is 1. The molecule has 0 bridgehead atoms. The van der Waals surface area contributed by atoms with Crippen molar-refractivity contribution in [1.29, 1.82) is 0 Å². The third-order valence-corrected chi connectivity index (χ3v) is 16.5. The number of benzene rings is 3. The largest absolute Gasteiger partial charge is 0.509 e. The fraction of sp³-hybridized carbons (Fsp3) is 0.639. The van der Waals surface area contributed by atoms with Crippen LogP contribution in [0.5, 0.6) is 0 Å². The molecule has 2 N–H and O–H groups in total. The van der Waals surface area contributed by atoms with E-state index in [1.54, 1.807) is 41.9 Å². The Morgan fingerprint density at radius 2 is 1.29 bits per heavy atom. The molecule has 0 saturated carbocycles. The van der Waals surface area contributed by atoms with E-state index in [4.69, 9.17) is 62.1 Å². The minimum absolute atomic E-state index is 0.0197. The van der Waals surface area contributed by atoms with Gasteiger partial charge in [0.05, 0.1) is 59.4 Å². The summed E-state index contributed by atoms with van der Waals surface area (Å²) in [6.07, 6.45) is -11.7. The average molecular weight is 1120 g/mol. The molecule has 19 heteroatoms. The maximum absolute atomic E-state index is 15.0. The number of oxime groups is 1. The zero-order chi connectivity index (χ0) is 58.5. The highest BCUT2D eigenvalue weighted by Crippen LogP contribution is 2.43. The Balaban J connectivity index is 1.50. The first kappa shape index (κ1) is 64.0. The lowest BCUT2D eigenvalue weighted by Gasteiger charge is -2.50. The Hall–Kier alpha value is -5.22. The monoisotopic (exact) mass is 1120 g/mol. The van der Waals surface area contributed by atoms with Gasteiger partial charge in [-0.15, -0.1) is 0 Å². The molecule has 80 heavy (non-hydrogen) atoms. The number of esters is 1. The van der Waals surface area contributed by atoms with Gasteiger partial charge in [-0.2, -0.15) is 0 Å². The Labute approximate surface area is 472 Å². The third-order valence-electron chi connectivity index (χ3n) is 16.5. The molecule has 3 fully saturated rings. The van der Waals surface area contributed by atoms with Gasteiger partial charge in [0.15, 0.2) is 18.7 Å². The summed E-state index contributed by atoms with van der Waals surface area (Å²) in [6, 6.07) is 27.0. The van der Waals surface area contributed by atoms with Crippen molar-refractivity contribution in [3.8, 4) is 0 Å². The van der Waals surface area contributed by atoms with Crippen LogP contribution in [0.2, 0.25) is 0 Å². The first-order valence-electron chi connectivity index (χ1n) is 27.9. The molecule has 19 nitrogen and oxygen atoms in total. The van der Waals surface area contributed by atoms with Gasteiger partial charge in [0.2, 0.25) is 0 Å². The summed E-state index contributed by atoms with van der Waals surface area (Å²) in [7, 11) is 6.10. The molecule has 3 aliphatic heterocycles. The molecule has 18 atom stereocenters. The Kier molecular flexibility index (Phi) is 22.9. The van der Waals surface area contributed by atoms with Crippen LogP contribution in [-0.4, -0.2) is 152 Å². The second-order valence-corrected chi connectivity index (χ2v) is 22.5. The van der Waals surface area contributed by atoms with E-state index >= 15 is 4.79 Å². The molecule has 0 radical (unpaired) electrons. The number of aliphatic hydroxyl groups is 2. The summed E-state index contributed by atoms with van der Waals surface area (Å²) in [5.74, 6) is -3.86. The van der Waals surface area contributed by atoms with Crippen LogP contribution in [-0.2, 0) is 81.6 Å². The van der Waals surface area contributed by atoms with Gasteiger partial charge >= 0.3 is 18.2 Å². The molecule has 0 aliphatic carbocycles. The number of nitrogens with zero attached hydrogens (tertiary/aromatic N) is 2. The van der Waals surface area contributed by atoms with E-state index in [-0.39, 0.29) is 45.5 Å². The van der Waals surface area contributed by atoms with Crippen molar-refractivity contribution in [2.75, 3.05) is 28.4 Å². The fourth-order valence-electron chi connectivity index (χ4n) is 11.8. The number of ether oxygens (including phenoxy) is 11. The predicted molar refractivity (Wildman–Crippen MR) is 296 cm³/mol. The van der Waals surface area contributed by atoms with E-state index in [9.17, 15) is 19.8 Å². The first-order valence-corrected chi connectivity index (χ1v) is 27.9. The zero-order valence-corrected chi connectivity index (χ0v) is 49.2. The molecule has 3 aliphatic rings. The van der Waals surface area contributed by atoms with Crippen molar-refractivity contribution < 1.29 is 81.5 Å². The molecule has 0 unspecified atom stereocenters. The Bertz CT molecular complexity index is 2440. The standard InChI is InChI=1S/C61H88N2O17/c1-15-47-61(10,68)54(69-12)39(4)49(62-74-36-45-29-23-18-24-30-45)37(2)32-60(9,71-14)53(40(5)50(41(6)55(65)77-47)78-48-33-59(8,70-13)52(64)42(7)76-48)80-56-51(79-58(67)73-35-44-27-21-17-22-28-44)46(31-38(3)75-56)63(11)57(66)72-34-43-25-19-16-20-26-43/h16-30,37-42,46-48,50-54,56,64,68H,15,31-36H2,1-14H3/b62-49+/t37-,38-,39+,40+,41-,42+,46+,47-,48+,50+,51-,52+,53-,54-,56+,59-,60-,61-/m1/s1.